The third-order valence-corrected chi connectivity index (χ3v) is 2.09. The number of aromatic carboxylic acids is 1. The molecule has 0 bridgehead atoms. The van der Waals surface area contributed by atoms with E-state index in [1.807, 2.05) is 0 Å². The van der Waals surface area contributed by atoms with E-state index in [0.29, 0.717) is 0 Å². The van der Waals surface area contributed by atoms with Crippen LogP contribution in [0.25, 0.3) is 0 Å². The summed E-state index contributed by atoms with van der Waals surface area (Å²) in [4.78, 5) is 10.3. The maximum absolute atomic E-state index is 10.3. The first-order chi connectivity index (χ1) is 5.11. The average Bonchev–Trinajstić information content (AvgIpc) is 2.33. The van der Waals surface area contributed by atoms with Crippen molar-refractivity contribution in [2.24, 2.45) is 0 Å². The van der Waals surface area contributed by atoms with Gasteiger partial charge in [0.25, 0.3) is 0 Å². The SMILES string of the molecule is O=C(O)c1csc(B(O)O)c1. The average molecular weight is 172 g/mol. The molecule has 4 nitrogen and oxygen atoms in total. The van der Waals surface area contributed by atoms with E-state index in [4.69, 9.17) is 15.2 Å². The molecule has 1 aromatic heterocycles. The van der Waals surface area contributed by atoms with Crippen LogP contribution in [0.4, 0.5) is 0 Å². The molecule has 0 aliphatic heterocycles. The van der Waals surface area contributed by atoms with Gasteiger partial charge < -0.3 is 15.2 Å². The van der Waals surface area contributed by atoms with E-state index in [9.17, 15) is 4.79 Å². The third kappa shape index (κ3) is 1.80. The van der Waals surface area contributed by atoms with Gasteiger partial charge >= 0.3 is 13.1 Å². The first-order valence-corrected chi connectivity index (χ1v) is 3.67. The van der Waals surface area contributed by atoms with Crippen LogP contribution >= 0.6 is 11.3 Å². The minimum Gasteiger partial charge on any atom is -0.478 e. The second-order valence-electron chi connectivity index (χ2n) is 1.92. The normalized spacial score (nSPS) is 9.64. The molecule has 0 fully saturated rings. The Labute approximate surface area is 66.9 Å². The Bertz CT molecular complexity index is 269. The van der Waals surface area contributed by atoms with Crippen molar-refractivity contribution < 1.29 is 19.9 Å². The van der Waals surface area contributed by atoms with Crippen LogP contribution in [0.2, 0.25) is 0 Å². The fraction of sp³-hybridized carbons (Fsp3) is 0. The predicted octanol–water partition coefficient (Wildman–Crippen LogP) is -0.874. The minimum atomic E-state index is -1.58. The van der Waals surface area contributed by atoms with Gasteiger partial charge in [0.2, 0.25) is 0 Å². The second-order valence-corrected chi connectivity index (χ2v) is 2.86. The zero-order valence-electron chi connectivity index (χ0n) is 5.39. The highest BCUT2D eigenvalue weighted by atomic mass is 32.1. The van der Waals surface area contributed by atoms with Crippen LogP contribution in [0.15, 0.2) is 11.4 Å². The van der Waals surface area contributed by atoms with Gasteiger partial charge in [-0.25, -0.2) is 4.79 Å². The van der Waals surface area contributed by atoms with Gasteiger partial charge in [-0.15, -0.1) is 0 Å². The smallest absolute Gasteiger partial charge is 0.478 e. The van der Waals surface area contributed by atoms with Gasteiger partial charge in [0.1, 0.15) is 0 Å². The molecule has 0 spiro atoms. The lowest BCUT2D eigenvalue weighted by Gasteiger charge is -1.88. The Kier molecular flexibility index (Phi) is 2.28. The van der Waals surface area contributed by atoms with Crippen molar-refractivity contribution >= 4 is 29.2 Å². The number of thiophene rings is 1. The molecule has 0 amide bonds. The molecular formula is C5H5BO4S. The first kappa shape index (κ1) is 8.25. The molecule has 0 saturated carbocycles. The monoisotopic (exact) mass is 172 g/mol. The Balaban J connectivity index is 2.90. The van der Waals surface area contributed by atoms with E-state index in [0.717, 1.165) is 11.3 Å². The molecule has 3 N–H and O–H groups in total. The Morgan fingerprint density at radius 3 is 2.45 bits per heavy atom. The number of carbonyl (C=O) groups is 1. The summed E-state index contributed by atoms with van der Waals surface area (Å²) in [6.45, 7) is 0. The highest BCUT2D eigenvalue weighted by Gasteiger charge is 2.15. The van der Waals surface area contributed by atoms with E-state index in [-0.39, 0.29) is 10.3 Å². The predicted molar refractivity (Wildman–Crippen MR) is 41.1 cm³/mol. The molecule has 0 aliphatic rings. The summed E-state index contributed by atoms with van der Waals surface area (Å²) >= 11 is 1.01. The van der Waals surface area contributed by atoms with Crippen LogP contribution in [0.5, 0.6) is 0 Å². The van der Waals surface area contributed by atoms with Crippen molar-refractivity contribution in [1.82, 2.24) is 0 Å². The summed E-state index contributed by atoms with van der Waals surface area (Å²) in [5, 5.41) is 27.0. The molecule has 0 saturated heterocycles. The summed E-state index contributed by atoms with van der Waals surface area (Å²) < 4.78 is 0.238. The highest BCUT2D eigenvalue weighted by molar-refractivity contribution is 7.20. The lowest BCUT2D eigenvalue weighted by atomic mass is 9.89. The van der Waals surface area contributed by atoms with Crippen LogP contribution in [0.3, 0.4) is 0 Å². The van der Waals surface area contributed by atoms with Gasteiger partial charge in [0.15, 0.2) is 0 Å². The fourth-order valence-electron chi connectivity index (χ4n) is 0.600. The lowest BCUT2D eigenvalue weighted by molar-refractivity contribution is 0.0697. The van der Waals surface area contributed by atoms with Gasteiger partial charge in [-0.05, 0) is 6.07 Å². The van der Waals surface area contributed by atoms with E-state index < -0.39 is 13.1 Å². The summed E-state index contributed by atoms with van der Waals surface area (Å²) in [7, 11) is -1.58. The highest BCUT2D eigenvalue weighted by Crippen LogP contribution is 2.03. The van der Waals surface area contributed by atoms with Crippen LogP contribution in [-0.4, -0.2) is 28.2 Å². The maximum atomic E-state index is 10.3. The second kappa shape index (κ2) is 3.04. The summed E-state index contributed by atoms with van der Waals surface area (Å²) in [6, 6.07) is 1.23. The molecule has 0 unspecified atom stereocenters. The van der Waals surface area contributed by atoms with Crippen molar-refractivity contribution in [3.05, 3.63) is 17.0 Å². The molecule has 6 heteroatoms. The molecule has 1 rings (SSSR count). The van der Waals surface area contributed by atoms with Gasteiger partial charge in [-0.1, -0.05) is 0 Å². The lowest BCUT2D eigenvalue weighted by Crippen LogP contribution is -2.26. The number of hydrogen-bond donors (Lipinski definition) is 3. The van der Waals surface area contributed by atoms with E-state index in [1.165, 1.54) is 11.4 Å². The number of carboxylic acid groups (broad SMARTS) is 1. The summed E-state index contributed by atoms with van der Waals surface area (Å²) in [5.74, 6) is -1.06. The molecule has 0 radical (unpaired) electrons. The molecule has 1 heterocycles. The maximum Gasteiger partial charge on any atom is 0.499 e. The van der Waals surface area contributed by atoms with Crippen LogP contribution in [-0.2, 0) is 0 Å². The van der Waals surface area contributed by atoms with Crippen molar-refractivity contribution in [3.8, 4) is 0 Å². The number of rotatable bonds is 2. The van der Waals surface area contributed by atoms with Gasteiger partial charge in [-0.3, -0.25) is 0 Å². The standard InChI is InChI=1S/C5H5BO4S/c7-5(8)3-1-4(6(9)10)11-2-3/h1-2,9-10H,(H,7,8). The van der Waals surface area contributed by atoms with Gasteiger partial charge in [-0.2, -0.15) is 11.3 Å². The van der Waals surface area contributed by atoms with Crippen molar-refractivity contribution in [2.45, 2.75) is 0 Å². The number of carboxylic acids is 1. The topological polar surface area (TPSA) is 77.8 Å². The first-order valence-electron chi connectivity index (χ1n) is 2.79. The summed E-state index contributed by atoms with van der Waals surface area (Å²) in [6.07, 6.45) is 0. The van der Waals surface area contributed by atoms with Crippen LogP contribution < -0.4 is 4.78 Å². The summed E-state index contributed by atoms with van der Waals surface area (Å²) in [5.41, 5.74) is 0.0816. The van der Waals surface area contributed by atoms with Crippen molar-refractivity contribution in [2.75, 3.05) is 0 Å². The quantitative estimate of drug-likeness (QED) is 0.506. The van der Waals surface area contributed by atoms with Gasteiger partial charge in [0.05, 0.1) is 5.56 Å². The zero-order chi connectivity index (χ0) is 8.43. The fourth-order valence-corrected chi connectivity index (χ4v) is 1.35. The molecule has 0 aliphatic carbocycles. The van der Waals surface area contributed by atoms with Crippen molar-refractivity contribution in [3.63, 3.8) is 0 Å². The van der Waals surface area contributed by atoms with Crippen LogP contribution in [0.1, 0.15) is 10.4 Å². The zero-order valence-corrected chi connectivity index (χ0v) is 6.21. The van der Waals surface area contributed by atoms with Crippen LogP contribution in [0, 0.1) is 0 Å². The molecule has 1 aromatic rings. The molecule has 0 aromatic carbocycles. The Hall–Kier alpha value is -0.845. The molecule has 11 heavy (non-hydrogen) atoms. The Morgan fingerprint density at radius 2 is 2.18 bits per heavy atom. The number of hydrogen-bond acceptors (Lipinski definition) is 4. The Morgan fingerprint density at radius 1 is 1.55 bits per heavy atom. The van der Waals surface area contributed by atoms with E-state index in [2.05, 4.69) is 0 Å². The molecular weight excluding hydrogens is 167 g/mol. The third-order valence-electron chi connectivity index (χ3n) is 1.12. The van der Waals surface area contributed by atoms with E-state index >= 15 is 0 Å². The minimum absolute atomic E-state index is 0.0816. The molecule has 0 atom stereocenters. The molecule has 58 valence electrons. The largest absolute Gasteiger partial charge is 0.499 e. The van der Waals surface area contributed by atoms with Crippen molar-refractivity contribution in [1.29, 1.82) is 0 Å². The van der Waals surface area contributed by atoms with E-state index in [1.54, 1.807) is 0 Å². The van der Waals surface area contributed by atoms with Gasteiger partial charge in [0, 0.05) is 10.2 Å².